The second kappa shape index (κ2) is 10.1. The van der Waals surface area contributed by atoms with Gasteiger partial charge in [0.25, 0.3) is 0 Å². The minimum Gasteiger partial charge on any atom is -0.491 e. The molecule has 2 fully saturated rings. The highest BCUT2D eigenvalue weighted by Gasteiger charge is 2.45. The number of rotatable bonds is 7. The number of nitrogens with one attached hydrogen (secondary N) is 1. The molecule has 2 aliphatic rings. The first-order valence-corrected chi connectivity index (χ1v) is 12.1. The van der Waals surface area contributed by atoms with Crippen LogP contribution < -0.4 is 15.0 Å². The van der Waals surface area contributed by atoms with Crippen molar-refractivity contribution in [1.82, 2.24) is 20.1 Å². The molecule has 10 heteroatoms. The van der Waals surface area contributed by atoms with Gasteiger partial charge >= 0.3 is 0 Å². The van der Waals surface area contributed by atoms with Crippen molar-refractivity contribution in [3.63, 3.8) is 0 Å². The number of anilines is 1. The Morgan fingerprint density at radius 3 is 2.79 bits per heavy atom. The second-order valence-electron chi connectivity index (χ2n) is 8.57. The molecule has 2 aliphatic heterocycles. The standard InChI is InChI=1S/C24H27Cl2N5O3/c1-17-11-27-8-9-31(17)19-3-5-20(6-4-19)32-12-21-13-33-24(34-21,14-30-16-28-15-29-30)22-7-2-18(25)10-23(22)26/h2-7,10,15-17,21,27H,8-9,11-14H2,1H3. The summed E-state index contributed by atoms with van der Waals surface area (Å²) in [6.45, 7) is 6.20. The molecule has 1 aromatic heterocycles. The third-order valence-corrected chi connectivity index (χ3v) is 6.69. The molecular weight excluding hydrogens is 477 g/mol. The average molecular weight is 504 g/mol. The predicted molar refractivity (Wildman–Crippen MR) is 131 cm³/mol. The van der Waals surface area contributed by atoms with Gasteiger partial charge in [-0.05, 0) is 43.3 Å². The van der Waals surface area contributed by atoms with Gasteiger partial charge in [0.1, 0.15) is 37.7 Å². The number of halogens is 2. The normalized spacial score (nSPS) is 25.0. The Morgan fingerprint density at radius 1 is 1.21 bits per heavy atom. The lowest BCUT2D eigenvalue weighted by molar-refractivity contribution is -0.190. The maximum atomic E-state index is 6.52. The summed E-state index contributed by atoms with van der Waals surface area (Å²) in [5.74, 6) is -0.334. The van der Waals surface area contributed by atoms with E-state index in [2.05, 4.69) is 39.4 Å². The van der Waals surface area contributed by atoms with Crippen LogP contribution in [0.3, 0.4) is 0 Å². The highest BCUT2D eigenvalue weighted by molar-refractivity contribution is 6.35. The summed E-state index contributed by atoms with van der Waals surface area (Å²) in [5, 5.41) is 8.63. The topological polar surface area (TPSA) is 73.7 Å². The number of benzene rings is 2. The van der Waals surface area contributed by atoms with Crippen molar-refractivity contribution in [3.8, 4) is 5.75 Å². The number of piperazine rings is 1. The van der Waals surface area contributed by atoms with E-state index in [1.807, 2.05) is 18.2 Å². The highest BCUT2D eigenvalue weighted by atomic mass is 35.5. The molecule has 0 amide bonds. The highest BCUT2D eigenvalue weighted by Crippen LogP contribution is 2.40. The first kappa shape index (κ1) is 23.4. The predicted octanol–water partition coefficient (Wildman–Crippen LogP) is 3.73. The Labute approximate surface area is 208 Å². The van der Waals surface area contributed by atoms with Crippen LogP contribution in [0.4, 0.5) is 5.69 Å². The van der Waals surface area contributed by atoms with Crippen molar-refractivity contribution >= 4 is 28.9 Å². The van der Waals surface area contributed by atoms with Crippen molar-refractivity contribution in [2.75, 3.05) is 37.7 Å². The molecule has 2 saturated heterocycles. The van der Waals surface area contributed by atoms with Crippen LogP contribution in [0.5, 0.6) is 5.75 Å². The van der Waals surface area contributed by atoms with Crippen molar-refractivity contribution in [2.24, 2.45) is 0 Å². The summed E-state index contributed by atoms with van der Waals surface area (Å²) in [7, 11) is 0. The molecule has 2 aromatic carbocycles. The maximum absolute atomic E-state index is 6.52. The maximum Gasteiger partial charge on any atom is 0.217 e. The molecule has 3 unspecified atom stereocenters. The van der Waals surface area contributed by atoms with Crippen LogP contribution in [-0.2, 0) is 21.8 Å². The van der Waals surface area contributed by atoms with E-state index >= 15 is 0 Å². The zero-order valence-corrected chi connectivity index (χ0v) is 20.4. The van der Waals surface area contributed by atoms with E-state index < -0.39 is 5.79 Å². The van der Waals surface area contributed by atoms with Crippen LogP contribution in [-0.4, -0.2) is 59.8 Å². The molecule has 8 nitrogen and oxygen atoms in total. The Bertz CT molecular complexity index is 1100. The van der Waals surface area contributed by atoms with Gasteiger partial charge in [-0.3, -0.25) is 0 Å². The lowest BCUT2D eigenvalue weighted by Crippen LogP contribution is -2.49. The lowest BCUT2D eigenvalue weighted by Gasteiger charge is -2.36. The zero-order valence-electron chi connectivity index (χ0n) is 18.9. The van der Waals surface area contributed by atoms with E-state index in [1.54, 1.807) is 23.1 Å². The molecule has 180 valence electrons. The van der Waals surface area contributed by atoms with Gasteiger partial charge in [-0.1, -0.05) is 29.3 Å². The molecule has 5 rings (SSSR count). The molecule has 1 N–H and O–H groups in total. The third kappa shape index (κ3) is 5.01. The third-order valence-electron chi connectivity index (χ3n) is 6.14. The molecule has 0 aliphatic carbocycles. The molecular formula is C24H27Cl2N5O3. The minimum atomic E-state index is -1.12. The minimum absolute atomic E-state index is 0.289. The Morgan fingerprint density at radius 2 is 2.06 bits per heavy atom. The fourth-order valence-electron chi connectivity index (χ4n) is 4.43. The Hall–Kier alpha value is -2.36. The van der Waals surface area contributed by atoms with Gasteiger partial charge < -0.3 is 24.4 Å². The lowest BCUT2D eigenvalue weighted by atomic mass is 10.1. The van der Waals surface area contributed by atoms with Crippen LogP contribution in [0.1, 0.15) is 12.5 Å². The fraction of sp³-hybridized carbons (Fsp3) is 0.417. The number of nitrogens with zero attached hydrogens (tertiary/aromatic N) is 4. The molecule has 34 heavy (non-hydrogen) atoms. The Kier molecular flexibility index (Phi) is 6.94. The number of ether oxygens (including phenoxy) is 3. The van der Waals surface area contributed by atoms with Crippen molar-refractivity contribution in [2.45, 2.75) is 31.4 Å². The van der Waals surface area contributed by atoms with Crippen molar-refractivity contribution in [3.05, 3.63) is 70.7 Å². The monoisotopic (exact) mass is 503 g/mol. The van der Waals surface area contributed by atoms with Gasteiger partial charge in [0.05, 0.1) is 11.6 Å². The van der Waals surface area contributed by atoms with E-state index in [-0.39, 0.29) is 6.10 Å². The summed E-state index contributed by atoms with van der Waals surface area (Å²) in [6.07, 6.45) is 2.80. The van der Waals surface area contributed by atoms with E-state index in [1.165, 1.54) is 12.0 Å². The SMILES string of the molecule is CC1CNCCN1c1ccc(OCC2COC(Cn3cncn3)(c3ccc(Cl)cc3Cl)O2)cc1. The number of aromatic nitrogens is 3. The van der Waals surface area contributed by atoms with Crippen LogP contribution in [0, 0.1) is 0 Å². The van der Waals surface area contributed by atoms with Crippen LogP contribution in [0.15, 0.2) is 55.1 Å². The smallest absolute Gasteiger partial charge is 0.217 e. The van der Waals surface area contributed by atoms with E-state index in [9.17, 15) is 0 Å². The summed E-state index contributed by atoms with van der Waals surface area (Å²) < 4.78 is 20.3. The Balaban J connectivity index is 1.26. The summed E-state index contributed by atoms with van der Waals surface area (Å²) >= 11 is 12.6. The number of hydrogen-bond acceptors (Lipinski definition) is 7. The summed E-state index contributed by atoms with van der Waals surface area (Å²) in [4.78, 5) is 6.43. The van der Waals surface area contributed by atoms with Crippen LogP contribution in [0.2, 0.25) is 10.0 Å². The van der Waals surface area contributed by atoms with Crippen molar-refractivity contribution < 1.29 is 14.2 Å². The number of hydrogen-bond donors (Lipinski definition) is 1. The molecule has 3 heterocycles. The van der Waals surface area contributed by atoms with Gasteiger partial charge in [-0.2, -0.15) is 5.10 Å². The van der Waals surface area contributed by atoms with Gasteiger partial charge in [0.15, 0.2) is 0 Å². The van der Waals surface area contributed by atoms with Gasteiger partial charge in [0, 0.05) is 41.9 Å². The van der Waals surface area contributed by atoms with Crippen LogP contribution >= 0.6 is 23.2 Å². The average Bonchev–Trinajstić information content (AvgIpc) is 3.49. The molecule has 0 bridgehead atoms. The quantitative estimate of drug-likeness (QED) is 0.526. The molecule has 0 spiro atoms. The first-order valence-electron chi connectivity index (χ1n) is 11.3. The first-order chi connectivity index (χ1) is 16.5. The molecule has 3 aromatic rings. The molecule has 3 atom stereocenters. The van der Waals surface area contributed by atoms with Crippen molar-refractivity contribution in [1.29, 1.82) is 0 Å². The second-order valence-corrected chi connectivity index (χ2v) is 9.42. The van der Waals surface area contributed by atoms with E-state index in [0.717, 1.165) is 25.4 Å². The zero-order chi connectivity index (χ0) is 23.5. The van der Waals surface area contributed by atoms with E-state index in [4.69, 9.17) is 37.4 Å². The van der Waals surface area contributed by atoms with Gasteiger partial charge in [0.2, 0.25) is 5.79 Å². The van der Waals surface area contributed by atoms with E-state index in [0.29, 0.717) is 41.4 Å². The molecule has 0 saturated carbocycles. The van der Waals surface area contributed by atoms with Crippen LogP contribution in [0.25, 0.3) is 0 Å². The fourth-order valence-corrected chi connectivity index (χ4v) is 4.98. The summed E-state index contributed by atoms with van der Waals surface area (Å²) in [5.41, 5.74) is 1.89. The largest absolute Gasteiger partial charge is 0.491 e. The summed E-state index contributed by atoms with van der Waals surface area (Å²) in [6, 6.07) is 13.9. The molecule has 0 radical (unpaired) electrons. The van der Waals surface area contributed by atoms with Gasteiger partial charge in [-0.15, -0.1) is 0 Å². The van der Waals surface area contributed by atoms with Gasteiger partial charge in [-0.25, -0.2) is 9.67 Å².